The van der Waals surface area contributed by atoms with Crippen molar-refractivity contribution in [1.82, 2.24) is 0 Å². The molecule has 164 valence electrons. The summed E-state index contributed by atoms with van der Waals surface area (Å²) in [5.74, 6) is 1.32. The highest BCUT2D eigenvalue weighted by Crippen LogP contribution is 2.63. The van der Waals surface area contributed by atoms with Crippen molar-refractivity contribution in [3.8, 4) is 0 Å². The van der Waals surface area contributed by atoms with Crippen LogP contribution < -0.4 is 0 Å². The van der Waals surface area contributed by atoms with E-state index in [1.54, 1.807) is 0 Å². The molecule has 0 heterocycles. The fourth-order valence-electron chi connectivity index (χ4n) is 7.07. The molecule has 4 heteroatoms. The van der Waals surface area contributed by atoms with E-state index in [-0.39, 0.29) is 11.9 Å². The van der Waals surface area contributed by atoms with Crippen LogP contribution in [0.5, 0.6) is 0 Å². The minimum Gasteiger partial charge on any atom is -0.459 e. The first-order valence-corrected chi connectivity index (χ1v) is 12.0. The maximum absolute atomic E-state index is 13.6. The van der Waals surface area contributed by atoms with E-state index in [1.165, 1.54) is 19.3 Å². The quantitative estimate of drug-likeness (QED) is 0.524. The number of hydrogen-bond donors (Lipinski definition) is 0. The van der Waals surface area contributed by atoms with Crippen molar-refractivity contribution in [3.05, 3.63) is 0 Å². The first-order valence-electron chi connectivity index (χ1n) is 12.0. The summed E-state index contributed by atoms with van der Waals surface area (Å²) in [5.41, 5.74) is -1.77. The van der Waals surface area contributed by atoms with Crippen molar-refractivity contribution in [3.63, 3.8) is 0 Å². The van der Waals surface area contributed by atoms with Crippen LogP contribution in [0.1, 0.15) is 105 Å². The van der Waals surface area contributed by atoms with Gasteiger partial charge in [-0.2, -0.15) is 0 Å². The Hall–Kier alpha value is -1.06. The minimum absolute atomic E-state index is 0.0151. The lowest BCUT2D eigenvalue weighted by Crippen LogP contribution is -2.61. The molecule has 0 radical (unpaired) electrons. The first kappa shape index (κ1) is 21.2. The number of rotatable bonds is 6. The number of ether oxygens (including phenoxy) is 2. The Bertz CT molecular complexity index is 656. The van der Waals surface area contributed by atoms with E-state index in [9.17, 15) is 9.59 Å². The Kier molecular flexibility index (Phi) is 5.10. The van der Waals surface area contributed by atoms with E-state index in [0.29, 0.717) is 24.2 Å². The first-order chi connectivity index (χ1) is 13.5. The van der Waals surface area contributed by atoms with Gasteiger partial charge in [0.15, 0.2) is 0 Å². The van der Waals surface area contributed by atoms with Gasteiger partial charge < -0.3 is 9.47 Å². The molecule has 0 aromatic heterocycles. The summed E-state index contributed by atoms with van der Waals surface area (Å²) in [6, 6.07) is 0. The maximum atomic E-state index is 13.6. The largest absolute Gasteiger partial charge is 0.459 e. The topological polar surface area (TPSA) is 52.6 Å². The van der Waals surface area contributed by atoms with Gasteiger partial charge in [0.2, 0.25) is 0 Å². The normalized spacial score (nSPS) is 37.0. The van der Waals surface area contributed by atoms with Crippen LogP contribution in [0.3, 0.4) is 0 Å². The van der Waals surface area contributed by atoms with Gasteiger partial charge in [-0.3, -0.25) is 9.59 Å². The molecule has 5 aliphatic carbocycles. The average Bonchev–Trinajstić information content (AvgIpc) is 3.15. The van der Waals surface area contributed by atoms with Gasteiger partial charge in [-0.1, -0.05) is 19.8 Å². The van der Waals surface area contributed by atoms with Gasteiger partial charge in [-0.25, -0.2) is 0 Å². The standard InChI is InChI=1S/C25H40O4/c1-6-22(2,3)20(26)29-25-14-17-11-18(15-25)13-24(12-17,16-25)21(27)28-23(4,5)19-9-7-8-10-19/h17-19H,6-16H2,1-5H3. The molecule has 5 saturated carbocycles. The average molecular weight is 405 g/mol. The molecule has 0 spiro atoms. The van der Waals surface area contributed by atoms with Crippen LogP contribution in [-0.2, 0) is 19.1 Å². The second-order valence-electron chi connectivity index (χ2n) is 12.0. The van der Waals surface area contributed by atoms with Crippen molar-refractivity contribution >= 4 is 11.9 Å². The molecule has 4 bridgehead atoms. The molecular weight excluding hydrogens is 364 g/mol. The van der Waals surface area contributed by atoms with E-state index in [0.717, 1.165) is 44.9 Å². The molecule has 2 unspecified atom stereocenters. The molecule has 4 nitrogen and oxygen atoms in total. The molecular formula is C25H40O4. The summed E-state index contributed by atoms with van der Waals surface area (Å²) in [6.07, 6.45) is 11.1. The van der Waals surface area contributed by atoms with Crippen molar-refractivity contribution < 1.29 is 19.1 Å². The number of carbonyl (C=O) groups excluding carboxylic acids is 2. The monoisotopic (exact) mass is 404 g/mol. The SMILES string of the molecule is CCC(C)(C)C(=O)OC12CC3CC(C1)CC(C(=O)OC(C)(C)C1CCCC1)(C3)C2. The molecule has 0 aromatic carbocycles. The van der Waals surface area contributed by atoms with Crippen LogP contribution in [-0.4, -0.2) is 23.1 Å². The van der Waals surface area contributed by atoms with Gasteiger partial charge >= 0.3 is 11.9 Å². The predicted octanol–water partition coefficient (Wildman–Crippen LogP) is 5.82. The van der Waals surface area contributed by atoms with Gasteiger partial charge in [0.25, 0.3) is 0 Å². The van der Waals surface area contributed by atoms with Gasteiger partial charge in [0.1, 0.15) is 11.2 Å². The molecule has 0 N–H and O–H groups in total. The zero-order chi connectivity index (χ0) is 21.1. The molecule has 0 aromatic rings. The second kappa shape index (κ2) is 6.99. The van der Waals surface area contributed by atoms with Gasteiger partial charge in [-0.15, -0.1) is 0 Å². The predicted molar refractivity (Wildman–Crippen MR) is 112 cm³/mol. The van der Waals surface area contributed by atoms with Gasteiger partial charge in [0, 0.05) is 6.42 Å². The fraction of sp³-hybridized carbons (Fsp3) is 0.920. The summed E-state index contributed by atoms with van der Waals surface area (Å²) in [4.78, 5) is 26.5. The third-order valence-corrected chi connectivity index (χ3v) is 8.88. The summed E-state index contributed by atoms with van der Waals surface area (Å²) < 4.78 is 12.5. The summed E-state index contributed by atoms with van der Waals surface area (Å²) in [7, 11) is 0. The molecule has 2 atom stereocenters. The maximum Gasteiger partial charge on any atom is 0.312 e. The lowest BCUT2D eigenvalue weighted by atomic mass is 9.47. The Labute approximate surface area is 176 Å². The Morgan fingerprint density at radius 3 is 2.10 bits per heavy atom. The van der Waals surface area contributed by atoms with Crippen molar-refractivity contribution in [1.29, 1.82) is 0 Å². The zero-order valence-corrected chi connectivity index (χ0v) is 19.1. The van der Waals surface area contributed by atoms with Crippen LogP contribution in [0, 0.1) is 28.6 Å². The summed E-state index contributed by atoms with van der Waals surface area (Å²) in [5, 5.41) is 0. The van der Waals surface area contributed by atoms with Gasteiger partial charge in [0.05, 0.1) is 10.8 Å². The highest BCUT2D eigenvalue weighted by Gasteiger charge is 2.64. The second-order valence-corrected chi connectivity index (χ2v) is 12.0. The molecule has 5 fully saturated rings. The Balaban J connectivity index is 1.53. The number of hydrogen-bond acceptors (Lipinski definition) is 4. The van der Waals surface area contributed by atoms with E-state index in [1.807, 2.05) is 20.8 Å². The number of esters is 2. The molecule has 5 rings (SSSR count). The van der Waals surface area contributed by atoms with Gasteiger partial charge in [-0.05, 0) is 96.8 Å². The Morgan fingerprint density at radius 1 is 0.966 bits per heavy atom. The third-order valence-electron chi connectivity index (χ3n) is 8.88. The summed E-state index contributed by atoms with van der Waals surface area (Å²) >= 11 is 0. The fourth-order valence-corrected chi connectivity index (χ4v) is 7.07. The van der Waals surface area contributed by atoms with E-state index in [4.69, 9.17) is 9.47 Å². The van der Waals surface area contributed by atoms with Crippen LogP contribution in [0.4, 0.5) is 0 Å². The lowest BCUT2D eigenvalue weighted by molar-refractivity contribution is -0.224. The third kappa shape index (κ3) is 3.74. The molecule has 5 aliphatic rings. The highest BCUT2D eigenvalue weighted by molar-refractivity contribution is 5.79. The van der Waals surface area contributed by atoms with E-state index < -0.39 is 22.0 Å². The van der Waals surface area contributed by atoms with E-state index in [2.05, 4.69) is 13.8 Å². The van der Waals surface area contributed by atoms with E-state index >= 15 is 0 Å². The minimum atomic E-state index is -0.471. The number of carbonyl (C=O) groups is 2. The smallest absolute Gasteiger partial charge is 0.312 e. The highest BCUT2D eigenvalue weighted by atomic mass is 16.6. The van der Waals surface area contributed by atoms with Crippen LogP contribution >= 0.6 is 0 Å². The molecule has 0 aliphatic heterocycles. The summed E-state index contributed by atoms with van der Waals surface area (Å²) in [6.45, 7) is 10.2. The lowest BCUT2D eigenvalue weighted by Gasteiger charge is -2.60. The van der Waals surface area contributed by atoms with Crippen molar-refractivity contribution in [2.75, 3.05) is 0 Å². The molecule has 29 heavy (non-hydrogen) atoms. The van der Waals surface area contributed by atoms with Crippen molar-refractivity contribution in [2.24, 2.45) is 28.6 Å². The van der Waals surface area contributed by atoms with Crippen LogP contribution in [0.25, 0.3) is 0 Å². The Morgan fingerprint density at radius 2 is 1.55 bits per heavy atom. The zero-order valence-electron chi connectivity index (χ0n) is 19.1. The van der Waals surface area contributed by atoms with Crippen LogP contribution in [0.2, 0.25) is 0 Å². The molecule has 0 amide bonds. The van der Waals surface area contributed by atoms with Crippen molar-refractivity contribution in [2.45, 2.75) is 116 Å². The van der Waals surface area contributed by atoms with Crippen LogP contribution in [0.15, 0.2) is 0 Å². The molecule has 0 saturated heterocycles.